The lowest BCUT2D eigenvalue weighted by Gasteiger charge is -2.30. The van der Waals surface area contributed by atoms with Crippen molar-refractivity contribution >= 4 is 12.0 Å². The molecular formula is C10H14N2O4. The Morgan fingerprint density at radius 2 is 2.50 bits per heavy atom. The summed E-state index contributed by atoms with van der Waals surface area (Å²) in [7, 11) is 0. The monoisotopic (exact) mass is 226 g/mol. The molecular weight excluding hydrogens is 212 g/mol. The third kappa shape index (κ3) is 2.16. The van der Waals surface area contributed by atoms with Crippen molar-refractivity contribution in [3.63, 3.8) is 0 Å². The van der Waals surface area contributed by atoms with E-state index in [1.54, 1.807) is 0 Å². The Balaban J connectivity index is 2.08. The zero-order valence-electron chi connectivity index (χ0n) is 8.80. The number of piperidine rings is 1. The molecule has 1 saturated heterocycles. The number of aromatic nitrogens is 1. The summed E-state index contributed by atoms with van der Waals surface area (Å²) in [5, 5.41) is 17.8. The van der Waals surface area contributed by atoms with Crippen LogP contribution in [0.3, 0.4) is 0 Å². The number of nitrogens with zero attached hydrogens (tertiary/aromatic N) is 2. The van der Waals surface area contributed by atoms with Gasteiger partial charge in [0.05, 0.1) is 0 Å². The lowest BCUT2D eigenvalue weighted by molar-refractivity contribution is 0.0690. The first-order chi connectivity index (χ1) is 7.70. The first kappa shape index (κ1) is 10.9. The molecule has 1 aromatic rings. The van der Waals surface area contributed by atoms with Crippen LogP contribution < -0.4 is 4.90 Å². The molecule has 0 bridgehead atoms. The highest BCUT2D eigenvalue weighted by atomic mass is 16.4. The Hall–Kier alpha value is -1.56. The number of aromatic carboxylic acids is 1. The van der Waals surface area contributed by atoms with E-state index in [1.807, 2.05) is 4.90 Å². The maximum atomic E-state index is 10.6. The molecule has 0 radical (unpaired) electrons. The Labute approximate surface area is 92.5 Å². The topological polar surface area (TPSA) is 86.8 Å². The molecule has 0 amide bonds. The molecule has 16 heavy (non-hydrogen) atoms. The lowest BCUT2D eigenvalue weighted by Crippen LogP contribution is -2.37. The Kier molecular flexibility index (Phi) is 3.09. The average Bonchev–Trinajstić information content (AvgIpc) is 2.78. The Bertz CT molecular complexity index is 377. The molecule has 6 nitrogen and oxygen atoms in total. The number of aliphatic hydroxyl groups is 1. The van der Waals surface area contributed by atoms with E-state index in [0.717, 1.165) is 25.6 Å². The van der Waals surface area contributed by atoms with Gasteiger partial charge in [0.15, 0.2) is 5.69 Å². The number of hydrogen-bond donors (Lipinski definition) is 2. The predicted molar refractivity (Wildman–Crippen MR) is 55.5 cm³/mol. The maximum absolute atomic E-state index is 10.6. The minimum atomic E-state index is -1.09. The van der Waals surface area contributed by atoms with Gasteiger partial charge in [-0.3, -0.25) is 0 Å². The Morgan fingerprint density at radius 3 is 3.12 bits per heavy atom. The van der Waals surface area contributed by atoms with Crippen LogP contribution in [-0.2, 0) is 0 Å². The van der Waals surface area contributed by atoms with Crippen LogP contribution in [0.1, 0.15) is 23.3 Å². The van der Waals surface area contributed by atoms with E-state index >= 15 is 0 Å². The maximum Gasteiger partial charge on any atom is 0.357 e. The molecule has 2 heterocycles. The number of carboxylic acids is 1. The SMILES string of the molecule is O=C(O)c1coc(N2CCCC(CO)C2)n1. The fourth-order valence-corrected chi connectivity index (χ4v) is 1.90. The number of carboxylic acid groups (broad SMARTS) is 1. The fraction of sp³-hybridized carbons (Fsp3) is 0.600. The number of oxazole rings is 1. The standard InChI is InChI=1S/C10H14N2O4/c13-5-7-2-1-3-12(4-7)10-11-8(6-16-10)9(14)15/h6-7,13H,1-5H2,(H,14,15). The van der Waals surface area contributed by atoms with Crippen LogP contribution >= 0.6 is 0 Å². The largest absolute Gasteiger partial charge is 0.476 e. The summed E-state index contributed by atoms with van der Waals surface area (Å²) in [6, 6.07) is 0.329. The lowest BCUT2D eigenvalue weighted by atomic mass is 10.00. The van der Waals surface area contributed by atoms with Crippen molar-refractivity contribution in [2.45, 2.75) is 12.8 Å². The second kappa shape index (κ2) is 4.52. The van der Waals surface area contributed by atoms with Gasteiger partial charge >= 0.3 is 5.97 Å². The quantitative estimate of drug-likeness (QED) is 0.784. The summed E-state index contributed by atoms with van der Waals surface area (Å²) >= 11 is 0. The van der Waals surface area contributed by atoms with Crippen LogP contribution in [-0.4, -0.2) is 40.9 Å². The third-order valence-electron chi connectivity index (χ3n) is 2.76. The smallest absolute Gasteiger partial charge is 0.357 e. The van der Waals surface area contributed by atoms with Gasteiger partial charge in [0, 0.05) is 19.7 Å². The average molecular weight is 226 g/mol. The highest BCUT2D eigenvalue weighted by Crippen LogP contribution is 2.22. The Morgan fingerprint density at radius 1 is 1.69 bits per heavy atom. The second-order valence-electron chi connectivity index (χ2n) is 3.96. The number of carbonyl (C=O) groups is 1. The molecule has 2 N–H and O–H groups in total. The van der Waals surface area contributed by atoms with E-state index < -0.39 is 5.97 Å². The minimum Gasteiger partial charge on any atom is -0.476 e. The minimum absolute atomic E-state index is 0.0823. The summed E-state index contributed by atoms with van der Waals surface area (Å²) in [5.74, 6) is -0.875. The van der Waals surface area contributed by atoms with E-state index in [-0.39, 0.29) is 18.2 Å². The molecule has 6 heteroatoms. The van der Waals surface area contributed by atoms with Crippen molar-refractivity contribution in [1.29, 1.82) is 0 Å². The zero-order valence-corrected chi connectivity index (χ0v) is 8.80. The van der Waals surface area contributed by atoms with E-state index in [4.69, 9.17) is 14.6 Å². The molecule has 1 unspecified atom stereocenters. The number of aliphatic hydroxyl groups excluding tert-OH is 1. The summed E-state index contributed by atoms with van der Waals surface area (Å²) in [5.41, 5.74) is -0.0823. The van der Waals surface area contributed by atoms with E-state index in [0.29, 0.717) is 12.6 Å². The first-order valence-corrected chi connectivity index (χ1v) is 5.25. The van der Waals surface area contributed by atoms with Crippen LogP contribution in [0.4, 0.5) is 6.01 Å². The van der Waals surface area contributed by atoms with Crippen molar-refractivity contribution in [2.24, 2.45) is 5.92 Å². The third-order valence-corrected chi connectivity index (χ3v) is 2.76. The zero-order chi connectivity index (χ0) is 11.5. The molecule has 2 rings (SSSR count). The highest BCUT2D eigenvalue weighted by Gasteiger charge is 2.23. The molecule has 1 fully saturated rings. The van der Waals surface area contributed by atoms with Crippen LogP contribution in [0.25, 0.3) is 0 Å². The van der Waals surface area contributed by atoms with Crippen molar-refractivity contribution in [2.75, 3.05) is 24.6 Å². The van der Waals surface area contributed by atoms with Gasteiger partial charge in [0.25, 0.3) is 6.01 Å². The van der Waals surface area contributed by atoms with Crippen LogP contribution in [0, 0.1) is 5.92 Å². The van der Waals surface area contributed by atoms with Gasteiger partial charge in [-0.25, -0.2) is 4.79 Å². The van der Waals surface area contributed by atoms with Gasteiger partial charge in [-0.1, -0.05) is 0 Å². The van der Waals surface area contributed by atoms with Crippen molar-refractivity contribution in [1.82, 2.24) is 4.98 Å². The molecule has 1 aromatic heterocycles. The molecule has 88 valence electrons. The van der Waals surface area contributed by atoms with E-state index in [9.17, 15) is 4.79 Å². The van der Waals surface area contributed by atoms with Crippen LogP contribution in [0.5, 0.6) is 0 Å². The second-order valence-corrected chi connectivity index (χ2v) is 3.96. The van der Waals surface area contributed by atoms with Gasteiger partial charge in [-0.2, -0.15) is 4.98 Å². The van der Waals surface area contributed by atoms with Gasteiger partial charge in [0.2, 0.25) is 0 Å². The molecule has 0 aromatic carbocycles. The van der Waals surface area contributed by atoms with Crippen LogP contribution in [0.15, 0.2) is 10.7 Å². The van der Waals surface area contributed by atoms with Crippen molar-refractivity contribution in [3.8, 4) is 0 Å². The fourth-order valence-electron chi connectivity index (χ4n) is 1.90. The summed E-state index contributed by atoms with van der Waals surface area (Å²) in [4.78, 5) is 16.4. The van der Waals surface area contributed by atoms with E-state index in [2.05, 4.69) is 4.98 Å². The van der Waals surface area contributed by atoms with Gasteiger partial charge in [-0.15, -0.1) is 0 Å². The van der Waals surface area contributed by atoms with Gasteiger partial charge in [-0.05, 0) is 18.8 Å². The molecule has 1 atom stereocenters. The van der Waals surface area contributed by atoms with Gasteiger partial charge < -0.3 is 19.5 Å². The summed E-state index contributed by atoms with van der Waals surface area (Å²) in [6.45, 7) is 1.59. The van der Waals surface area contributed by atoms with Crippen molar-refractivity contribution in [3.05, 3.63) is 12.0 Å². The van der Waals surface area contributed by atoms with E-state index in [1.165, 1.54) is 0 Å². The number of rotatable bonds is 3. The normalized spacial score (nSPS) is 21.1. The number of hydrogen-bond acceptors (Lipinski definition) is 5. The summed E-state index contributed by atoms with van der Waals surface area (Å²) in [6.07, 6.45) is 3.08. The summed E-state index contributed by atoms with van der Waals surface area (Å²) < 4.78 is 5.11. The first-order valence-electron chi connectivity index (χ1n) is 5.25. The molecule has 1 aliphatic rings. The molecule has 0 saturated carbocycles. The molecule has 1 aliphatic heterocycles. The molecule has 0 spiro atoms. The number of anilines is 1. The van der Waals surface area contributed by atoms with Gasteiger partial charge in [0.1, 0.15) is 6.26 Å². The predicted octanol–water partition coefficient (Wildman–Crippen LogP) is 0.582. The van der Waals surface area contributed by atoms with Crippen LogP contribution in [0.2, 0.25) is 0 Å². The molecule has 0 aliphatic carbocycles. The highest BCUT2D eigenvalue weighted by molar-refractivity contribution is 5.85. The van der Waals surface area contributed by atoms with Crippen molar-refractivity contribution < 1.29 is 19.4 Å².